The zero-order valence-electron chi connectivity index (χ0n) is 6.83. The maximum absolute atomic E-state index is 13.0. The van der Waals surface area contributed by atoms with Crippen molar-refractivity contribution in [3.05, 3.63) is 48.3 Å². The normalized spacial score (nSPS) is 12.5. The van der Waals surface area contributed by atoms with Crippen LogP contribution in [0, 0.1) is 5.82 Å². The van der Waals surface area contributed by atoms with Gasteiger partial charge in [0.1, 0.15) is 5.82 Å². The number of rotatable bonds is 3. The minimum atomic E-state index is -0.274. The predicted octanol–water partition coefficient (Wildman–Crippen LogP) is 2.40. The summed E-state index contributed by atoms with van der Waals surface area (Å²) in [5.41, 5.74) is 6.25. The van der Waals surface area contributed by atoms with Crippen molar-refractivity contribution in [2.45, 2.75) is 12.5 Å². The van der Waals surface area contributed by atoms with Crippen LogP contribution in [0.5, 0.6) is 0 Å². The number of hydrogen-bond acceptors (Lipinski definition) is 1. The van der Waals surface area contributed by atoms with Crippen LogP contribution >= 0.6 is 0 Å². The highest BCUT2D eigenvalue weighted by Gasteiger charge is 2.07. The van der Waals surface area contributed by atoms with E-state index in [4.69, 9.17) is 5.73 Å². The maximum Gasteiger partial charge on any atom is 0.127 e. The average Bonchev–Trinajstić information content (AvgIpc) is 2.05. The summed E-state index contributed by atoms with van der Waals surface area (Å²) in [5.74, 6) is -0.244. The molecule has 0 bridgehead atoms. The van der Waals surface area contributed by atoms with E-state index < -0.39 is 0 Å². The molecule has 0 aliphatic carbocycles. The standard InChI is InChI=1S/C10H12FN/c1-2-5-10(12)8-6-3-4-7-9(8)11/h2-4,6-7,10H,1,5,12H2/t10-/m1/s1. The maximum atomic E-state index is 13.0. The molecule has 0 aliphatic rings. The first-order chi connectivity index (χ1) is 5.75. The summed E-state index contributed by atoms with van der Waals surface area (Å²) in [6, 6.07) is 6.27. The lowest BCUT2D eigenvalue weighted by atomic mass is 10.0. The van der Waals surface area contributed by atoms with E-state index in [1.165, 1.54) is 6.07 Å². The Hall–Kier alpha value is -1.15. The number of hydrogen-bond donors (Lipinski definition) is 1. The molecular weight excluding hydrogens is 153 g/mol. The summed E-state index contributed by atoms with van der Waals surface area (Å²) >= 11 is 0. The molecule has 0 aromatic heterocycles. The fraction of sp³-hybridized carbons (Fsp3) is 0.200. The lowest BCUT2D eigenvalue weighted by molar-refractivity contribution is 0.583. The van der Waals surface area contributed by atoms with Gasteiger partial charge in [-0.05, 0) is 12.5 Å². The van der Waals surface area contributed by atoms with E-state index in [9.17, 15) is 4.39 Å². The largest absolute Gasteiger partial charge is 0.324 e. The molecule has 0 heterocycles. The molecular formula is C10H12FN. The van der Waals surface area contributed by atoms with Crippen molar-refractivity contribution < 1.29 is 4.39 Å². The van der Waals surface area contributed by atoms with E-state index in [0.29, 0.717) is 12.0 Å². The van der Waals surface area contributed by atoms with Crippen molar-refractivity contribution in [1.29, 1.82) is 0 Å². The Labute approximate surface area is 71.7 Å². The van der Waals surface area contributed by atoms with Crippen molar-refractivity contribution in [3.8, 4) is 0 Å². The molecule has 1 aromatic rings. The first kappa shape index (κ1) is 8.94. The summed E-state index contributed by atoms with van der Waals surface area (Å²) in [7, 11) is 0. The molecule has 0 spiro atoms. The van der Waals surface area contributed by atoms with Gasteiger partial charge >= 0.3 is 0 Å². The van der Waals surface area contributed by atoms with Crippen LogP contribution in [0.25, 0.3) is 0 Å². The summed E-state index contributed by atoms with van der Waals surface area (Å²) in [6.45, 7) is 3.55. The molecule has 0 radical (unpaired) electrons. The van der Waals surface area contributed by atoms with Crippen molar-refractivity contribution in [3.63, 3.8) is 0 Å². The summed E-state index contributed by atoms with van der Waals surface area (Å²) < 4.78 is 13.0. The molecule has 64 valence electrons. The summed E-state index contributed by atoms with van der Waals surface area (Å²) in [4.78, 5) is 0. The van der Waals surface area contributed by atoms with Gasteiger partial charge in [0.15, 0.2) is 0 Å². The van der Waals surface area contributed by atoms with E-state index in [0.717, 1.165) is 0 Å². The zero-order chi connectivity index (χ0) is 8.97. The number of halogens is 1. The third kappa shape index (κ3) is 1.92. The quantitative estimate of drug-likeness (QED) is 0.684. The third-order valence-electron chi connectivity index (χ3n) is 1.73. The molecule has 1 nitrogen and oxygen atoms in total. The number of nitrogens with two attached hydrogens (primary N) is 1. The van der Waals surface area contributed by atoms with Gasteiger partial charge in [-0.2, -0.15) is 0 Å². The Morgan fingerprint density at radius 3 is 2.75 bits per heavy atom. The Bertz CT molecular complexity index is 270. The molecule has 0 amide bonds. The predicted molar refractivity (Wildman–Crippen MR) is 48.1 cm³/mol. The topological polar surface area (TPSA) is 26.0 Å². The van der Waals surface area contributed by atoms with Crippen LogP contribution in [0.3, 0.4) is 0 Å². The van der Waals surface area contributed by atoms with E-state index in [2.05, 4.69) is 6.58 Å². The molecule has 1 atom stereocenters. The lowest BCUT2D eigenvalue weighted by Gasteiger charge is -2.09. The van der Waals surface area contributed by atoms with Gasteiger partial charge < -0.3 is 5.73 Å². The van der Waals surface area contributed by atoms with Crippen molar-refractivity contribution in [2.75, 3.05) is 0 Å². The second-order valence-electron chi connectivity index (χ2n) is 2.65. The van der Waals surface area contributed by atoms with E-state index in [1.54, 1.807) is 24.3 Å². The Balaban J connectivity index is 2.86. The van der Waals surface area contributed by atoms with Crippen LogP contribution in [0.15, 0.2) is 36.9 Å². The molecule has 0 saturated carbocycles. The van der Waals surface area contributed by atoms with E-state index >= 15 is 0 Å². The molecule has 2 heteroatoms. The van der Waals surface area contributed by atoms with Crippen molar-refractivity contribution in [1.82, 2.24) is 0 Å². The van der Waals surface area contributed by atoms with Gasteiger partial charge in [0, 0.05) is 11.6 Å². The Morgan fingerprint density at radius 1 is 1.50 bits per heavy atom. The van der Waals surface area contributed by atoms with Gasteiger partial charge in [-0.25, -0.2) is 4.39 Å². The molecule has 0 unspecified atom stereocenters. The fourth-order valence-corrected chi connectivity index (χ4v) is 1.08. The molecule has 12 heavy (non-hydrogen) atoms. The van der Waals surface area contributed by atoms with Crippen LogP contribution < -0.4 is 5.73 Å². The molecule has 0 saturated heterocycles. The minimum Gasteiger partial charge on any atom is -0.324 e. The highest BCUT2D eigenvalue weighted by Crippen LogP contribution is 2.17. The van der Waals surface area contributed by atoms with Crippen molar-refractivity contribution >= 4 is 0 Å². The van der Waals surface area contributed by atoms with Gasteiger partial charge in [0.25, 0.3) is 0 Å². The van der Waals surface area contributed by atoms with Crippen LogP contribution in [-0.4, -0.2) is 0 Å². The third-order valence-corrected chi connectivity index (χ3v) is 1.73. The first-order valence-electron chi connectivity index (χ1n) is 3.86. The van der Waals surface area contributed by atoms with E-state index in [1.807, 2.05) is 0 Å². The van der Waals surface area contributed by atoms with Gasteiger partial charge in [-0.15, -0.1) is 6.58 Å². The minimum absolute atomic E-state index is 0.244. The lowest BCUT2D eigenvalue weighted by Crippen LogP contribution is -2.10. The van der Waals surface area contributed by atoms with E-state index in [-0.39, 0.29) is 11.9 Å². The second-order valence-corrected chi connectivity index (χ2v) is 2.65. The molecule has 1 aromatic carbocycles. The smallest absolute Gasteiger partial charge is 0.127 e. The van der Waals surface area contributed by atoms with Gasteiger partial charge in [0.2, 0.25) is 0 Å². The van der Waals surface area contributed by atoms with Gasteiger partial charge in [-0.1, -0.05) is 24.3 Å². The van der Waals surface area contributed by atoms with Gasteiger partial charge in [-0.3, -0.25) is 0 Å². The van der Waals surface area contributed by atoms with Crippen LogP contribution in [0.1, 0.15) is 18.0 Å². The highest BCUT2D eigenvalue weighted by molar-refractivity contribution is 5.21. The second kappa shape index (κ2) is 4.02. The summed E-state index contributed by atoms with van der Waals surface area (Å²) in [6.07, 6.45) is 2.29. The number of benzene rings is 1. The average molecular weight is 165 g/mol. The fourth-order valence-electron chi connectivity index (χ4n) is 1.08. The van der Waals surface area contributed by atoms with Crippen LogP contribution in [0.4, 0.5) is 4.39 Å². The Morgan fingerprint density at radius 2 is 2.17 bits per heavy atom. The monoisotopic (exact) mass is 165 g/mol. The SMILES string of the molecule is C=CC[C@@H](N)c1ccccc1F. The first-order valence-corrected chi connectivity index (χ1v) is 3.86. The van der Waals surface area contributed by atoms with Crippen molar-refractivity contribution in [2.24, 2.45) is 5.73 Å². The molecule has 0 aliphatic heterocycles. The Kier molecular flexibility index (Phi) is 3.00. The zero-order valence-corrected chi connectivity index (χ0v) is 6.83. The molecule has 2 N–H and O–H groups in total. The van der Waals surface area contributed by atoms with Crippen LogP contribution in [-0.2, 0) is 0 Å². The molecule has 0 fully saturated rings. The summed E-state index contributed by atoms with van der Waals surface area (Å²) in [5, 5.41) is 0. The van der Waals surface area contributed by atoms with Crippen LogP contribution in [0.2, 0.25) is 0 Å². The molecule has 1 rings (SSSR count). The van der Waals surface area contributed by atoms with Gasteiger partial charge in [0.05, 0.1) is 0 Å². The highest BCUT2D eigenvalue weighted by atomic mass is 19.1.